The molecular formula is C9H12N2. The zero-order valence-corrected chi connectivity index (χ0v) is 6.75. The molecule has 0 amide bonds. The fraction of sp³-hybridized carbons (Fsp3) is 0.111. The van der Waals surface area contributed by atoms with Crippen LogP contribution in [0.2, 0.25) is 0 Å². The van der Waals surface area contributed by atoms with Crippen LogP contribution in [-0.4, -0.2) is 13.4 Å². The molecule has 2 nitrogen and oxygen atoms in total. The zero-order valence-electron chi connectivity index (χ0n) is 6.75. The van der Waals surface area contributed by atoms with Gasteiger partial charge in [0.15, 0.2) is 0 Å². The first kappa shape index (κ1) is 9.56. The van der Waals surface area contributed by atoms with E-state index in [1.807, 2.05) is 6.92 Å². The third kappa shape index (κ3) is 3.30. The highest BCUT2D eigenvalue weighted by atomic mass is 14.8. The molecular weight excluding hydrogens is 136 g/mol. The fourth-order valence-electron chi connectivity index (χ4n) is 0.528. The molecule has 0 aromatic carbocycles. The summed E-state index contributed by atoms with van der Waals surface area (Å²) < 4.78 is 0. The third-order valence-corrected chi connectivity index (χ3v) is 1.17. The van der Waals surface area contributed by atoms with Crippen molar-refractivity contribution < 1.29 is 0 Å². The average molecular weight is 148 g/mol. The van der Waals surface area contributed by atoms with Crippen LogP contribution in [0.3, 0.4) is 0 Å². The molecule has 0 unspecified atom stereocenters. The topological polar surface area (TPSA) is 24.7 Å². The lowest BCUT2D eigenvalue weighted by Gasteiger charge is -1.94. The second kappa shape index (κ2) is 5.35. The molecule has 0 aliphatic heterocycles. The monoisotopic (exact) mass is 148 g/mol. The van der Waals surface area contributed by atoms with Crippen LogP contribution in [0.1, 0.15) is 6.92 Å². The van der Waals surface area contributed by atoms with Gasteiger partial charge >= 0.3 is 0 Å². The zero-order chi connectivity index (χ0) is 8.69. The normalized spacial score (nSPS) is 12.5. The molecule has 0 fully saturated rings. The van der Waals surface area contributed by atoms with Crippen molar-refractivity contribution in [3.8, 4) is 0 Å². The average Bonchev–Trinajstić information content (AvgIpc) is 2.05. The maximum absolute atomic E-state index is 3.76. The lowest BCUT2D eigenvalue weighted by atomic mass is 10.3. The van der Waals surface area contributed by atoms with Gasteiger partial charge in [-0.2, -0.15) is 0 Å². The highest BCUT2D eigenvalue weighted by molar-refractivity contribution is 5.38. The van der Waals surface area contributed by atoms with Crippen LogP contribution in [0.15, 0.2) is 46.2 Å². The lowest BCUT2D eigenvalue weighted by Crippen LogP contribution is -1.76. The van der Waals surface area contributed by atoms with E-state index in [9.17, 15) is 0 Å². The Balaban J connectivity index is 4.64. The van der Waals surface area contributed by atoms with Gasteiger partial charge < -0.3 is 0 Å². The lowest BCUT2D eigenvalue weighted by molar-refractivity contribution is 1.22. The number of aliphatic imine (C=N–C) groups is 2. The van der Waals surface area contributed by atoms with Crippen molar-refractivity contribution in [2.75, 3.05) is 0 Å². The maximum Gasteiger partial charge on any atom is 0.0833 e. The second-order valence-electron chi connectivity index (χ2n) is 1.88. The molecule has 58 valence electrons. The van der Waals surface area contributed by atoms with E-state index < -0.39 is 0 Å². The summed E-state index contributed by atoms with van der Waals surface area (Å²) in [6, 6.07) is 0. The van der Waals surface area contributed by atoms with Crippen LogP contribution in [-0.2, 0) is 0 Å². The van der Waals surface area contributed by atoms with Crippen molar-refractivity contribution in [1.29, 1.82) is 0 Å². The van der Waals surface area contributed by atoms with Gasteiger partial charge in [-0.25, -0.2) is 0 Å². The van der Waals surface area contributed by atoms with Gasteiger partial charge in [-0.1, -0.05) is 18.7 Å². The third-order valence-electron chi connectivity index (χ3n) is 1.17. The van der Waals surface area contributed by atoms with Crippen LogP contribution in [0.25, 0.3) is 0 Å². The Morgan fingerprint density at radius 3 is 2.27 bits per heavy atom. The second-order valence-corrected chi connectivity index (χ2v) is 1.88. The molecule has 2 heteroatoms. The van der Waals surface area contributed by atoms with Gasteiger partial charge in [-0.15, -0.1) is 0 Å². The maximum atomic E-state index is 3.76. The van der Waals surface area contributed by atoms with Gasteiger partial charge in [0.25, 0.3) is 0 Å². The predicted molar refractivity (Wildman–Crippen MR) is 51.1 cm³/mol. The highest BCUT2D eigenvalue weighted by Crippen LogP contribution is 2.06. The van der Waals surface area contributed by atoms with E-state index in [1.165, 1.54) is 0 Å². The molecule has 0 aromatic heterocycles. The molecule has 0 heterocycles. The molecule has 0 bridgehead atoms. The Morgan fingerprint density at radius 1 is 1.27 bits per heavy atom. The van der Waals surface area contributed by atoms with Crippen LogP contribution in [0, 0.1) is 0 Å². The van der Waals surface area contributed by atoms with E-state index in [1.54, 1.807) is 18.2 Å². The van der Waals surface area contributed by atoms with Crippen molar-refractivity contribution >= 4 is 13.4 Å². The summed E-state index contributed by atoms with van der Waals surface area (Å²) in [5, 5.41) is 0. The predicted octanol–water partition coefficient (Wildman–Crippen LogP) is 2.36. The van der Waals surface area contributed by atoms with E-state index in [2.05, 4.69) is 30.0 Å². The van der Waals surface area contributed by atoms with Crippen molar-refractivity contribution in [2.45, 2.75) is 6.92 Å². The van der Waals surface area contributed by atoms with Crippen LogP contribution in [0.5, 0.6) is 0 Å². The Kier molecular flexibility index (Phi) is 4.65. The number of hydrogen-bond acceptors (Lipinski definition) is 2. The molecule has 11 heavy (non-hydrogen) atoms. The number of nitrogens with zero attached hydrogens (tertiary/aromatic N) is 2. The molecule has 0 saturated carbocycles. The molecule has 0 aromatic rings. The summed E-state index contributed by atoms with van der Waals surface area (Å²) in [5.41, 5.74) is 1.48. The summed E-state index contributed by atoms with van der Waals surface area (Å²) in [6.07, 6.45) is 5.23. The SMILES string of the molecule is C=C/C=C\C(N=C)=C(/C)N=C. The van der Waals surface area contributed by atoms with Crippen LogP contribution in [0.4, 0.5) is 0 Å². The van der Waals surface area contributed by atoms with Crippen LogP contribution < -0.4 is 0 Å². The minimum absolute atomic E-state index is 0.722. The number of allylic oxidation sites excluding steroid dienone is 4. The fourth-order valence-corrected chi connectivity index (χ4v) is 0.528. The molecule has 0 N–H and O–H groups in total. The Hall–Kier alpha value is -1.44. The largest absolute Gasteiger partial charge is 0.267 e. The van der Waals surface area contributed by atoms with E-state index in [4.69, 9.17) is 0 Å². The van der Waals surface area contributed by atoms with E-state index in [0.29, 0.717) is 0 Å². The molecule has 0 rings (SSSR count). The first-order valence-corrected chi connectivity index (χ1v) is 3.19. The van der Waals surface area contributed by atoms with Gasteiger partial charge in [0.1, 0.15) is 0 Å². The molecule has 0 saturated heterocycles. The molecule has 0 radical (unpaired) electrons. The first-order chi connectivity index (χ1) is 5.26. The van der Waals surface area contributed by atoms with Gasteiger partial charge in [-0.3, -0.25) is 9.98 Å². The Labute approximate surface area is 67.4 Å². The van der Waals surface area contributed by atoms with E-state index in [0.717, 1.165) is 11.4 Å². The molecule has 0 aliphatic rings. The highest BCUT2D eigenvalue weighted by Gasteiger charge is 1.90. The van der Waals surface area contributed by atoms with Crippen molar-refractivity contribution in [3.05, 3.63) is 36.2 Å². The summed E-state index contributed by atoms with van der Waals surface area (Å²) in [6.45, 7) is 12.1. The molecule has 0 spiro atoms. The van der Waals surface area contributed by atoms with Crippen molar-refractivity contribution in [3.63, 3.8) is 0 Å². The standard InChI is InChI=1S/C9H12N2/c1-5-6-7-9(11-4)8(2)10-3/h5-7H,1,3-4H2,2H3/b7-6-,9-8-. The molecule has 0 aliphatic carbocycles. The van der Waals surface area contributed by atoms with Gasteiger partial charge in [0.2, 0.25) is 0 Å². The first-order valence-electron chi connectivity index (χ1n) is 3.19. The minimum Gasteiger partial charge on any atom is -0.267 e. The van der Waals surface area contributed by atoms with Crippen molar-refractivity contribution in [1.82, 2.24) is 0 Å². The number of hydrogen-bond donors (Lipinski definition) is 0. The summed E-state index contributed by atoms with van der Waals surface area (Å²) in [5.74, 6) is 0. The smallest absolute Gasteiger partial charge is 0.0833 e. The van der Waals surface area contributed by atoms with E-state index in [-0.39, 0.29) is 0 Å². The minimum atomic E-state index is 0.722. The Bertz CT molecular complexity index is 222. The quantitative estimate of drug-likeness (QED) is 0.432. The van der Waals surface area contributed by atoms with E-state index >= 15 is 0 Å². The summed E-state index contributed by atoms with van der Waals surface area (Å²) >= 11 is 0. The van der Waals surface area contributed by atoms with Gasteiger partial charge in [0, 0.05) is 0 Å². The van der Waals surface area contributed by atoms with Gasteiger partial charge in [-0.05, 0) is 26.4 Å². The summed E-state index contributed by atoms with van der Waals surface area (Å²) in [7, 11) is 0. The van der Waals surface area contributed by atoms with Crippen LogP contribution >= 0.6 is 0 Å². The Morgan fingerprint density at radius 2 is 1.91 bits per heavy atom. The summed E-state index contributed by atoms with van der Waals surface area (Å²) in [4.78, 5) is 7.48. The number of rotatable bonds is 4. The van der Waals surface area contributed by atoms with Gasteiger partial charge in [0.05, 0.1) is 11.4 Å². The van der Waals surface area contributed by atoms with Crippen molar-refractivity contribution in [2.24, 2.45) is 9.98 Å². The molecule has 0 atom stereocenters.